The van der Waals surface area contributed by atoms with E-state index < -0.39 is 15.8 Å². The van der Waals surface area contributed by atoms with Crippen LogP contribution < -0.4 is 4.90 Å². The van der Waals surface area contributed by atoms with E-state index in [1.165, 1.54) is 34.9 Å². The highest BCUT2D eigenvalue weighted by molar-refractivity contribution is 7.89. The van der Waals surface area contributed by atoms with Crippen LogP contribution in [0.5, 0.6) is 0 Å². The minimum Gasteiger partial charge on any atom is -0.353 e. The fourth-order valence-electron chi connectivity index (χ4n) is 3.75. The molecule has 164 valence electrons. The maximum absolute atomic E-state index is 13.3. The van der Waals surface area contributed by atoms with Crippen LogP contribution in [0.4, 0.5) is 14.6 Å². The van der Waals surface area contributed by atoms with Crippen molar-refractivity contribution in [2.24, 2.45) is 0 Å². The molecule has 1 fully saturated rings. The Balaban J connectivity index is 1.38. The lowest BCUT2D eigenvalue weighted by Crippen LogP contribution is -2.49. The summed E-state index contributed by atoms with van der Waals surface area (Å²) < 4.78 is 55.1. The van der Waals surface area contributed by atoms with Gasteiger partial charge in [0.25, 0.3) is 0 Å². The monoisotopic (exact) mass is 456 g/mol. The number of piperazine rings is 1. The second-order valence-corrected chi connectivity index (χ2v) is 9.25. The Bertz CT molecular complexity index is 1370. The Hall–Kier alpha value is -3.44. The molecule has 0 saturated carbocycles. The predicted molar refractivity (Wildman–Crippen MR) is 114 cm³/mol. The lowest BCUT2D eigenvalue weighted by atomic mass is 10.3. The molecule has 0 bridgehead atoms. The van der Waals surface area contributed by atoms with E-state index in [2.05, 4.69) is 15.1 Å². The maximum atomic E-state index is 13.3. The molecule has 0 radical (unpaired) electrons. The summed E-state index contributed by atoms with van der Waals surface area (Å²) in [6.45, 7) is 1.37. The van der Waals surface area contributed by atoms with Crippen molar-refractivity contribution in [2.45, 2.75) is 4.90 Å². The highest BCUT2D eigenvalue weighted by atomic mass is 32.2. The van der Waals surface area contributed by atoms with Crippen LogP contribution in [0.25, 0.3) is 16.7 Å². The molecule has 0 N–H and O–H groups in total. The summed E-state index contributed by atoms with van der Waals surface area (Å²) in [5.41, 5.74) is 1.24. The summed E-state index contributed by atoms with van der Waals surface area (Å²) in [6.07, 6.45) is 3.08. The summed E-state index contributed by atoms with van der Waals surface area (Å²) in [4.78, 5) is 10.8. The highest BCUT2D eigenvalue weighted by Crippen LogP contribution is 2.27. The number of hydrogen-bond acceptors (Lipinski definition) is 6. The van der Waals surface area contributed by atoms with E-state index in [0.717, 1.165) is 12.1 Å². The third-order valence-electron chi connectivity index (χ3n) is 5.41. The Labute approximate surface area is 182 Å². The van der Waals surface area contributed by atoms with Gasteiger partial charge < -0.3 is 4.90 Å². The zero-order valence-electron chi connectivity index (χ0n) is 16.8. The summed E-state index contributed by atoms with van der Waals surface area (Å²) in [5.74, 6) is -0.168. The smallest absolute Gasteiger partial charge is 0.243 e. The molecule has 2 aromatic heterocycles. The molecule has 0 spiro atoms. The van der Waals surface area contributed by atoms with E-state index in [-0.39, 0.29) is 23.8 Å². The summed E-state index contributed by atoms with van der Waals surface area (Å²) in [7, 11) is -3.70. The number of aromatic nitrogens is 4. The first-order chi connectivity index (χ1) is 15.4. The SMILES string of the molecule is O=S(=O)(c1ccc(F)cc1)N1CCN(c2ncnc3c2cnn3-c2ccc(F)cc2)CC1. The number of rotatable bonds is 4. The van der Waals surface area contributed by atoms with Crippen LogP contribution in [0.1, 0.15) is 0 Å². The van der Waals surface area contributed by atoms with E-state index in [1.54, 1.807) is 23.0 Å². The number of fused-ring (bicyclic) bond motifs is 1. The quantitative estimate of drug-likeness (QED) is 0.470. The van der Waals surface area contributed by atoms with Gasteiger partial charge in [-0.15, -0.1) is 0 Å². The lowest BCUT2D eigenvalue weighted by Gasteiger charge is -2.34. The standard InChI is InChI=1S/C21H18F2N6O2S/c22-15-1-5-17(6-2-15)29-21-19(13-26-29)20(24-14-25-21)27-9-11-28(12-10-27)32(30,31)18-7-3-16(23)4-8-18/h1-8,13-14H,9-12H2. The molecule has 0 unspecified atom stereocenters. The number of anilines is 1. The second kappa shape index (κ2) is 7.92. The Kier molecular flexibility index (Phi) is 5.06. The van der Waals surface area contributed by atoms with Crippen molar-refractivity contribution in [1.82, 2.24) is 24.1 Å². The molecule has 0 atom stereocenters. The molecular formula is C21H18F2N6O2S. The van der Waals surface area contributed by atoms with Crippen LogP contribution in [0, 0.1) is 11.6 Å². The van der Waals surface area contributed by atoms with Gasteiger partial charge in [-0.1, -0.05) is 0 Å². The molecule has 0 aliphatic carbocycles. The lowest BCUT2D eigenvalue weighted by molar-refractivity contribution is 0.384. The van der Waals surface area contributed by atoms with Crippen molar-refractivity contribution >= 4 is 26.9 Å². The Morgan fingerprint density at radius 2 is 1.44 bits per heavy atom. The van der Waals surface area contributed by atoms with Gasteiger partial charge in [0.1, 0.15) is 23.8 Å². The van der Waals surface area contributed by atoms with Crippen molar-refractivity contribution in [2.75, 3.05) is 31.1 Å². The van der Waals surface area contributed by atoms with Crippen LogP contribution in [-0.4, -0.2) is 58.7 Å². The molecule has 1 saturated heterocycles. The van der Waals surface area contributed by atoms with E-state index in [9.17, 15) is 17.2 Å². The van der Waals surface area contributed by atoms with Crippen molar-refractivity contribution in [3.8, 4) is 5.69 Å². The van der Waals surface area contributed by atoms with Gasteiger partial charge in [0.15, 0.2) is 5.65 Å². The molecule has 1 aliphatic heterocycles. The zero-order chi connectivity index (χ0) is 22.3. The van der Waals surface area contributed by atoms with Gasteiger partial charge in [-0.3, -0.25) is 0 Å². The first kappa shape index (κ1) is 20.5. The number of hydrogen-bond donors (Lipinski definition) is 0. The summed E-state index contributed by atoms with van der Waals surface area (Å²) in [5, 5.41) is 5.09. The van der Waals surface area contributed by atoms with Crippen LogP contribution in [-0.2, 0) is 10.0 Å². The zero-order valence-corrected chi connectivity index (χ0v) is 17.6. The molecule has 11 heteroatoms. The van der Waals surface area contributed by atoms with Gasteiger partial charge >= 0.3 is 0 Å². The van der Waals surface area contributed by atoms with Crippen LogP contribution >= 0.6 is 0 Å². The van der Waals surface area contributed by atoms with Crippen molar-refractivity contribution in [1.29, 1.82) is 0 Å². The number of sulfonamides is 1. The molecule has 2 aromatic carbocycles. The van der Waals surface area contributed by atoms with Crippen molar-refractivity contribution in [3.05, 3.63) is 72.7 Å². The number of benzene rings is 2. The topological polar surface area (TPSA) is 84.2 Å². The fraction of sp³-hybridized carbons (Fsp3) is 0.190. The molecule has 1 aliphatic rings. The largest absolute Gasteiger partial charge is 0.353 e. The molecular weight excluding hydrogens is 438 g/mol. The summed E-state index contributed by atoms with van der Waals surface area (Å²) in [6, 6.07) is 10.8. The van der Waals surface area contributed by atoms with Gasteiger partial charge in [-0.05, 0) is 48.5 Å². The first-order valence-electron chi connectivity index (χ1n) is 9.89. The molecule has 3 heterocycles. The highest BCUT2D eigenvalue weighted by Gasteiger charge is 2.30. The maximum Gasteiger partial charge on any atom is 0.243 e. The van der Waals surface area contributed by atoms with Gasteiger partial charge in [-0.25, -0.2) is 31.8 Å². The van der Waals surface area contributed by atoms with Crippen LogP contribution in [0.2, 0.25) is 0 Å². The van der Waals surface area contributed by atoms with Crippen molar-refractivity contribution in [3.63, 3.8) is 0 Å². The van der Waals surface area contributed by atoms with Gasteiger partial charge in [0.2, 0.25) is 10.0 Å². The van der Waals surface area contributed by atoms with Gasteiger partial charge in [-0.2, -0.15) is 9.40 Å². The first-order valence-corrected chi connectivity index (χ1v) is 11.3. The van der Waals surface area contributed by atoms with Gasteiger partial charge in [0, 0.05) is 26.2 Å². The molecule has 4 aromatic rings. The number of halogens is 2. The molecule has 5 rings (SSSR count). The minimum atomic E-state index is -3.70. The average molecular weight is 456 g/mol. The third kappa shape index (κ3) is 3.59. The van der Waals surface area contributed by atoms with E-state index in [4.69, 9.17) is 0 Å². The van der Waals surface area contributed by atoms with E-state index in [1.807, 2.05) is 4.90 Å². The molecule has 8 nitrogen and oxygen atoms in total. The van der Waals surface area contributed by atoms with Gasteiger partial charge in [0.05, 0.1) is 22.2 Å². The normalized spacial score (nSPS) is 15.4. The van der Waals surface area contributed by atoms with Crippen LogP contribution in [0.3, 0.4) is 0 Å². The second-order valence-electron chi connectivity index (χ2n) is 7.31. The fourth-order valence-corrected chi connectivity index (χ4v) is 5.17. The average Bonchev–Trinajstić information content (AvgIpc) is 3.24. The Morgan fingerprint density at radius 3 is 2.09 bits per heavy atom. The molecule has 0 amide bonds. The third-order valence-corrected chi connectivity index (χ3v) is 7.32. The van der Waals surface area contributed by atoms with E-state index >= 15 is 0 Å². The summed E-state index contributed by atoms with van der Waals surface area (Å²) >= 11 is 0. The number of nitrogens with zero attached hydrogens (tertiary/aromatic N) is 6. The Morgan fingerprint density at radius 1 is 0.812 bits per heavy atom. The minimum absolute atomic E-state index is 0.0670. The van der Waals surface area contributed by atoms with Crippen LogP contribution in [0.15, 0.2) is 66.0 Å². The predicted octanol–water partition coefficient (Wildman–Crippen LogP) is 2.60. The molecule has 32 heavy (non-hydrogen) atoms. The van der Waals surface area contributed by atoms with Crippen molar-refractivity contribution < 1.29 is 17.2 Å². The van der Waals surface area contributed by atoms with E-state index in [0.29, 0.717) is 35.6 Å².